The quantitative estimate of drug-likeness (QED) is 0.331. The van der Waals surface area contributed by atoms with Crippen LogP contribution in [0.2, 0.25) is 0 Å². The van der Waals surface area contributed by atoms with Gasteiger partial charge in [-0.05, 0) is 31.4 Å². The molecule has 1 aromatic carbocycles. The van der Waals surface area contributed by atoms with Gasteiger partial charge in [0.15, 0.2) is 11.6 Å². The summed E-state index contributed by atoms with van der Waals surface area (Å²) in [5.41, 5.74) is -2.26. The van der Waals surface area contributed by atoms with Crippen molar-refractivity contribution in [2.75, 3.05) is 13.4 Å². The van der Waals surface area contributed by atoms with Gasteiger partial charge in [0.05, 0.1) is 28.0 Å². The summed E-state index contributed by atoms with van der Waals surface area (Å²) in [5.74, 6) is -3.52. The lowest BCUT2D eigenvalue weighted by Crippen LogP contribution is -2.30. The number of aliphatic hydroxyl groups is 1. The summed E-state index contributed by atoms with van der Waals surface area (Å²) in [6, 6.07) is 1.39. The molecule has 2 saturated carbocycles. The monoisotopic (exact) mass is 442 g/mol. The van der Waals surface area contributed by atoms with E-state index in [-0.39, 0.29) is 0 Å². The Bertz CT molecular complexity index is 1120. The molecular weight excluding hydrogens is 425 g/mol. The van der Waals surface area contributed by atoms with Crippen molar-refractivity contribution in [2.45, 2.75) is 30.3 Å². The molecule has 0 saturated heterocycles. The first-order chi connectivity index (χ1) is 13.9. The Morgan fingerprint density at radius 1 is 1.27 bits per heavy atom. The first-order valence-electron chi connectivity index (χ1n) is 8.84. The maximum absolute atomic E-state index is 13.6. The Morgan fingerprint density at radius 2 is 1.83 bits per heavy atom. The van der Waals surface area contributed by atoms with Gasteiger partial charge in [-0.3, -0.25) is 9.59 Å². The van der Waals surface area contributed by atoms with Gasteiger partial charge in [0.25, 0.3) is 0 Å². The van der Waals surface area contributed by atoms with Crippen molar-refractivity contribution in [1.82, 2.24) is 0 Å². The molecular formula is C19H17F3N2O5S. The van der Waals surface area contributed by atoms with E-state index in [2.05, 4.69) is 4.36 Å². The van der Waals surface area contributed by atoms with Crippen LogP contribution in [0.4, 0.5) is 13.2 Å². The van der Waals surface area contributed by atoms with Gasteiger partial charge in [0, 0.05) is 18.1 Å². The molecule has 11 heteroatoms. The number of carbonyl (C=O) groups excluding carboxylic acids is 2. The van der Waals surface area contributed by atoms with Crippen molar-refractivity contribution < 1.29 is 36.8 Å². The minimum atomic E-state index is -4.97. The molecule has 160 valence electrons. The minimum Gasteiger partial charge on any atom is -0.506 e. The fraction of sp³-hybridized carbons (Fsp3) is 0.421. The van der Waals surface area contributed by atoms with E-state index in [1.165, 1.54) is 6.19 Å². The highest BCUT2D eigenvalue weighted by Gasteiger charge is 2.46. The molecule has 3 rings (SSSR count). The first-order valence-corrected chi connectivity index (χ1v) is 10.8. The van der Waals surface area contributed by atoms with Gasteiger partial charge in [-0.2, -0.15) is 18.4 Å². The molecule has 0 radical (unpaired) electrons. The van der Waals surface area contributed by atoms with Gasteiger partial charge < -0.3 is 9.84 Å². The minimum absolute atomic E-state index is 0.383. The van der Waals surface area contributed by atoms with Crippen LogP contribution in [0.25, 0.3) is 5.76 Å². The van der Waals surface area contributed by atoms with Crippen LogP contribution < -0.4 is 4.74 Å². The van der Waals surface area contributed by atoms with Gasteiger partial charge in [0.2, 0.25) is 6.19 Å². The van der Waals surface area contributed by atoms with Crippen molar-refractivity contribution in [3.05, 3.63) is 28.8 Å². The normalized spacial score (nSPS) is 24.8. The smallest absolute Gasteiger partial charge is 0.417 e. The first kappa shape index (κ1) is 21.8. The summed E-state index contributed by atoms with van der Waals surface area (Å²) in [5, 5.41) is 19.5. The molecule has 0 heterocycles. The number of aliphatic hydroxyl groups excluding tert-OH is 1. The number of methoxy groups -OCH3 is 1. The van der Waals surface area contributed by atoms with Crippen LogP contribution in [0, 0.1) is 23.3 Å². The van der Waals surface area contributed by atoms with E-state index in [1.807, 2.05) is 0 Å². The highest BCUT2D eigenvalue weighted by molar-refractivity contribution is 7.93. The number of alkyl halides is 3. The third-order valence-corrected chi connectivity index (χ3v) is 6.97. The van der Waals surface area contributed by atoms with E-state index in [4.69, 9.17) is 10.00 Å². The van der Waals surface area contributed by atoms with Crippen molar-refractivity contribution in [2.24, 2.45) is 16.2 Å². The SMILES string of the molecule is COc1c(C(O)=C2C(=O)[C@@H]3CC[C@@H](C3)C2=O)ccc(C(F)(F)F)c1S(C)(=O)=NC#N. The van der Waals surface area contributed by atoms with E-state index in [0.29, 0.717) is 25.3 Å². The van der Waals surface area contributed by atoms with Gasteiger partial charge >= 0.3 is 6.18 Å². The summed E-state index contributed by atoms with van der Waals surface area (Å²) in [6.45, 7) is 0. The van der Waals surface area contributed by atoms with Crippen LogP contribution >= 0.6 is 0 Å². The standard InChI is InChI=1S/C19H17F3N2O5S/c1-29-17-11(16(27)13-14(25)9-3-4-10(7-9)15(13)26)5-6-12(19(20,21)22)18(17)30(2,28)24-8-23/h5-6,9-10,27H,3-4,7H2,1-2H3/t9-,10+,30?. The van der Waals surface area contributed by atoms with E-state index >= 15 is 0 Å². The molecule has 1 unspecified atom stereocenters. The number of allylic oxidation sites excluding steroid dienone is 1. The Balaban J connectivity index is 2.36. The van der Waals surface area contributed by atoms with E-state index in [0.717, 1.165) is 19.4 Å². The number of rotatable bonds is 3. The van der Waals surface area contributed by atoms with Crippen LogP contribution in [0.1, 0.15) is 30.4 Å². The molecule has 2 aliphatic rings. The zero-order valence-corrected chi connectivity index (χ0v) is 16.8. The molecule has 3 atom stereocenters. The lowest BCUT2D eigenvalue weighted by Gasteiger charge is -2.23. The van der Waals surface area contributed by atoms with E-state index < -0.39 is 72.4 Å². The number of carbonyl (C=O) groups is 2. The summed E-state index contributed by atoms with van der Waals surface area (Å²) in [7, 11) is -2.94. The Labute approximate surface area is 170 Å². The number of hydrogen-bond acceptors (Lipinski definition) is 7. The van der Waals surface area contributed by atoms with Crippen LogP contribution in [0.5, 0.6) is 5.75 Å². The highest BCUT2D eigenvalue weighted by atomic mass is 32.2. The summed E-state index contributed by atoms with van der Waals surface area (Å²) >= 11 is 0. The number of nitrogens with zero attached hydrogens (tertiary/aromatic N) is 2. The maximum atomic E-state index is 13.6. The van der Waals surface area contributed by atoms with Gasteiger partial charge in [-0.15, -0.1) is 4.36 Å². The van der Waals surface area contributed by atoms with Gasteiger partial charge in [-0.1, -0.05) is 0 Å². The van der Waals surface area contributed by atoms with Crippen LogP contribution in [0.3, 0.4) is 0 Å². The lowest BCUT2D eigenvalue weighted by atomic mass is 9.81. The topological polar surface area (TPSA) is 117 Å². The number of Topliss-reactive ketones (excluding diaryl/α,β-unsaturated/α-hetero) is 2. The van der Waals surface area contributed by atoms with Crippen LogP contribution in [0.15, 0.2) is 27.0 Å². The molecule has 0 aliphatic heterocycles. The Kier molecular flexibility index (Phi) is 5.41. The molecule has 1 aromatic rings. The second kappa shape index (κ2) is 7.43. The van der Waals surface area contributed by atoms with Crippen molar-refractivity contribution in [1.29, 1.82) is 5.26 Å². The van der Waals surface area contributed by atoms with Crippen molar-refractivity contribution >= 4 is 27.1 Å². The molecule has 0 amide bonds. The summed E-state index contributed by atoms with van der Waals surface area (Å²) in [4.78, 5) is 24.3. The van der Waals surface area contributed by atoms with E-state index in [9.17, 15) is 32.1 Å². The molecule has 2 bridgehead atoms. The Hall–Kier alpha value is -2.87. The summed E-state index contributed by atoms with van der Waals surface area (Å²) in [6.07, 6.45) is -1.55. The predicted molar refractivity (Wildman–Crippen MR) is 98.8 cm³/mol. The lowest BCUT2D eigenvalue weighted by molar-refractivity contribution is -0.140. The van der Waals surface area contributed by atoms with Gasteiger partial charge in [0.1, 0.15) is 22.0 Å². The number of benzene rings is 1. The molecule has 2 aliphatic carbocycles. The fourth-order valence-electron chi connectivity index (χ4n) is 4.03. The number of nitriles is 1. The van der Waals surface area contributed by atoms with Crippen molar-refractivity contribution in [3.63, 3.8) is 0 Å². The number of ether oxygens (including phenoxy) is 1. The molecule has 7 nitrogen and oxygen atoms in total. The highest BCUT2D eigenvalue weighted by Crippen LogP contribution is 2.46. The third kappa shape index (κ3) is 3.45. The van der Waals surface area contributed by atoms with Crippen molar-refractivity contribution in [3.8, 4) is 11.9 Å². The zero-order valence-electron chi connectivity index (χ0n) is 15.9. The largest absolute Gasteiger partial charge is 0.506 e. The zero-order chi connectivity index (χ0) is 22.4. The molecule has 0 aromatic heterocycles. The fourth-order valence-corrected chi connectivity index (χ4v) is 5.41. The molecule has 30 heavy (non-hydrogen) atoms. The summed E-state index contributed by atoms with van der Waals surface area (Å²) < 4.78 is 61.7. The number of halogens is 3. The second-order valence-corrected chi connectivity index (χ2v) is 9.37. The number of ketones is 2. The average Bonchev–Trinajstić information content (AvgIpc) is 3.11. The van der Waals surface area contributed by atoms with E-state index in [1.54, 1.807) is 0 Å². The van der Waals surface area contributed by atoms with Crippen LogP contribution in [-0.2, 0) is 25.5 Å². The van der Waals surface area contributed by atoms with Crippen LogP contribution in [-0.4, -0.2) is 34.2 Å². The number of fused-ring (bicyclic) bond motifs is 2. The number of hydrogen-bond donors (Lipinski definition) is 1. The Morgan fingerprint density at radius 3 is 2.30 bits per heavy atom. The predicted octanol–water partition coefficient (Wildman–Crippen LogP) is 3.49. The molecule has 0 spiro atoms. The maximum Gasteiger partial charge on any atom is 0.417 e. The third-order valence-electron chi connectivity index (χ3n) is 5.37. The second-order valence-electron chi connectivity index (χ2n) is 7.17. The van der Waals surface area contributed by atoms with Gasteiger partial charge in [-0.25, -0.2) is 4.21 Å². The molecule has 1 N–H and O–H groups in total. The average molecular weight is 442 g/mol. The molecule has 2 fully saturated rings.